The molecule has 0 aliphatic rings. The number of hydrogen-bond acceptors (Lipinski definition) is 3. The second-order valence-corrected chi connectivity index (χ2v) is 3.49. The summed E-state index contributed by atoms with van der Waals surface area (Å²) in [5, 5.41) is 2.68. The molecule has 1 aromatic rings. The maximum absolute atomic E-state index is 10.9. The first-order valence-electron chi connectivity index (χ1n) is 5.23. The second kappa shape index (κ2) is 6.48. The van der Waals surface area contributed by atoms with Crippen LogP contribution in [0, 0.1) is 0 Å². The smallest absolute Gasteiger partial charge is 0.309 e. The zero-order valence-electron chi connectivity index (χ0n) is 9.90. The van der Waals surface area contributed by atoms with Gasteiger partial charge in [-0.05, 0) is 17.7 Å². The van der Waals surface area contributed by atoms with E-state index in [9.17, 15) is 9.59 Å². The molecule has 0 aliphatic heterocycles. The number of nitrogens with one attached hydrogen (secondary N) is 1. The number of methoxy groups -OCH3 is 1. The highest BCUT2D eigenvalue weighted by Crippen LogP contribution is 2.10. The van der Waals surface area contributed by atoms with Crippen molar-refractivity contribution < 1.29 is 14.3 Å². The van der Waals surface area contributed by atoms with E-state index in [-0.39, 0.29) is 18.3 Å². The third-order valence-corrected chi connectivity index (χ3v) is 2.05. The maximum Gasteiger partial charge on any atom is 0.309 e. The van der Waals surface area contributed by atoms with Crippen molar-refractivity contribution in [1.29, 1.82) is 0 Å². The molecule has 0 saturated carbocycles. The second-order valence-electron chi connectivity index (χ2n) is 3.49. The van der Waals surface area contributed by atoms with E-state index in [1.54, 1.807) is 18.2 Å². The number of anilines is 1. The van der Waals surface area contributed by atoms with E-state index in [1.807, 2.05) is 18.2 Å². The van der Waals surface area contributed by atoms with Crippen LogP contribution in [0.4, 0.5) is 5.69 Å². The Hall–Kier alpha value is -2.10. The molecule has 0 bridgehead atoms. The first kappa shape index (κ1) is 13.0. The molecule has 0 aromatic heterocycles. The molecule has 4 nitrogen and oxygen atoms in total. The van der Waals surface area contributed by atoms with Gasteiger partial charge in [0.25, 0.3) is 0 Å². The Balaban J connectivity index is 2.56. The van der Waals surface area contributed by atoms with Crippen molar-refractivity contribution in [1.82, 2.24) is 0 Å². The van der Waals surface area contributed by atoms with Gasteiger partial charge in [-0.2, -0.15) is 0 Å². The fourth-order valence-electron chi connectivity index (χ4n) is 1.26. The van der Waals surface area contributed by atoms with Crippen LogP contribution < -0.4 is 5.32 Å². The van der Waals surface area contributed by atoms with Crippen molar-refractivity contribution in [3.63, 3.8) is 0 Å². The quantitative estimate of drug-likeness (QED) is 0.811. The van der Waals surface area contributed by atoms with Crippen LogP contribution in [0.2, 0.25) is 0 Å². The van der Waals surface area contributed by atoms with E-state index in [1.165, 1.54) is 14.0 Å². The molecule has 0 aliphatic carbocycles. The summed E-state index contributed by atoms with van der Waals surface area (Å²) in [5.41, 5.74) is 1.71. The fraction of sp³-hybridized carbons (Fsp3) is 0.231. The van der Waals surface area contributed by atoms with Gasteiger partial charge in [0.15, 0.2) is 0 Å². The molecule has 0 heterocycles. The lowest BCUT2D eigenvalue weighted by Crippen LogP contribution is -2.05. The molecule has 1 amide bonds. The monoisotopic (exact) mass is 233 g/mol. The molecule has 17 heavy (non-hydrogen) atoms. The van der Waals surface area contributed by atoms with Crippen LogP contribution in [0.15, 0.2) is 30.3 Å². The van der Waals surface area contributed by atoms with Crippen LogP contribution in [-0.2, 0) is 14.3 Å². The summed E-state index contributed by atoms with van der Waals surface area (Å²) in [4.78, 5) is 21.7. The third-order valence-electron chi connectivity index (χ3n) is 2.05. The Morgan fingerprint density at radius 3 is 2.47 bits per heavy atom. The highest BCUT2D eigenvalue weighted by molar-refractivity contribution is 5.88. The van der Waals surface area contributed by atoms with E-state index < -0.39 is 0 Å². The third kappa shape index (κ3) is 4.97. The molecule has 0 atom stereocenters. The average Bonchev–Trinajstić information content (AvgIpc) is 2.30. The van der Waals surface area contributed by atoms with Crippen molar-refractivity contribution in [3.8, 4) is 0 Å². The van der Waals surface area contributed by atoms with Gasteiger partial charge in [0.2, 0.25) is 5.91 Å². The number of amides is 1. The zero-order chi connectivity index (χ0) is 12.7. The summed E-state index contributed by atoms with van der Waals surface area (Å²) in [5.74, 6) is -0.366. The van der Waals surface area contributed by atoms with Crippen LogP contribution >= 0.6 is 0 Å². The van der Waals surface area contributed by atoms with Gasteiger partial charge >= 0.3 is 5.97 Å². The first-order chi connectivity index (χ1) is 8.11. The van der Waals surface area contributed by atoms with Gasteiger partial charge in [-0.1, -0.05) is 24.3 Å². The standard InChI is InChI=1S/C13H15NO3/c1-10(15)14-12-8-6-11(7-9-12)4-3-5-13(16)17-2/h3-4,6-9H,5H2,1-2H3,(H,14,15). The number of rotatable bonds is 4. The van der Waals surface area contributed by atoms with E-state index in [0.29, 0.717) is 0 Å². The Labute approximate surface area is 100 Å². The van der Waals surface area contributed by atoms with Gasteiger partial charge in [0.1, 0.15) is 0 Å². The van der Waals surface area contributed by atoms with Gasteiger partial charge in [0.05, 0.1) is 13.5 Å². The number of carbonyl (C=O) groups is 2. The zero-order valence-corrected chi connectivity index (χ0v) is 9.90. The highest BCUT2D eigenvalue weighted by Gasteiger charge is 1.96. The highest BCUT2D eigenvalue weighted by atomic mass is 16.5. The molecular formula is C13H15NO3. The molecule has 0 spiro atoms. The molecule has 0 radical (unpaired) electrons. The summed E-state index contributed by atoms with van der Waals surface area (Å²) in [6, 6.07) is 7.33. The number of carbonyl (C=O) groups excluding carboxylic acids is 2. The summed E-state index contributed by atoms with van der Waals surface area (Å²) in [7, 11) is 1.36. The van der Waals surface area contributed by atoms with Gasteiger partial charge in [0, 0.05) is 12.6 Å². The lowest BCUT2D eigenvalue weighted by molar-refractivity contribution is -0.139. The minimum atomic E-state index is -0.267. The average molecular weight is 233 g/mol. The minimum Gasteiger partial charge on any atom is -0.469 e. The van der Waals surface area contributed by atoms with Crippen molar-refractivity contribution in [2.24, 2.45) is 0 Å². The Morgan fingerprint density at radius 1 is 1.29 bits per heavy atom. The number of hydrogen-bond donors (Lipinski definition) is 1. The molecule has 0 saturated heterocycles. The first-order valence-corrected chi connectivity index (χ1v) is 5.23. The van der Waals surface area contributed by atoms with Crippen LogP contribution in [-0.4, -0.2) is 19.0 Å². The van der Waals surface area contributed by atoms with Crippen molar-refractivity contribution in [2.75, 3.05) is 12.4 Å². The number of ether oxygens (including phenoxy) is 1. The Kier molecular flexibility index (Phi) is 4.94. The van der Waals surface area contributed by atoms with E-state index >= 15 is 0 Å². The molecule has 1 N–H and O–H groups in total. The summed E-state index contributed by atoms with van der Waals surface area (Å²) < 4.78 is 4.51. The van der Waals surface area contributed by atoms with Crippen molar-refractivity contribution in [3.05, 3.63) is 35.9 Å². The van der Waals surface area contributed by atoms with Crippen LogP contribution in [0.1, 0.15) is 18.9 Å². The summed E-state index contributed by atoms with van der Waals surface area (Å²) in [6.45, 7) is 1.46. The van der Waals surface area contributed by atoms with E-state index in [2.05, 4.69) is 10.1 Å². The molecule has 4 heteroatoms. The Bertz CT molecular complexity index is 421. The molecule has 0 fully saturated rings. The lowest BCUT2D eigenvalue weighted by atomic mass is 10.2. The largest absolute Gasteiger partial charge is 0.469 e. The van der Waals surface area contributed by atoms with Crippen LogP contribution in [0.3, 0.4) is 0 Å². The SMILES string of the molecule is COC(=O)CC=Cc1ccc(NC(C)=O)cc1. The number of benzene rings is 1. The molecule has 90 valence electrons. The topological polar surface area (TPSA) is 55.4 Å². The predicted molar refractivity (Wildman–Crippen MR) is 66.4 cm³/mol. The molecular weight excluding hydrogens is 218 g/mol. The minimum absolute atomic E-state index is 0.0982. The molecule has 0 unspecified atom stereocenters. The maximum atomic E-state index is 10.9. The number of esters is 1. The van der Waals surface area contributed by atoms with Gasteiger partial charge < -0.3 is 10.1 Å². The Morgan fingerprint density at radius 2 is 1.94 bits per heavy atom. The normalized spacial score (nSPS) is 10.2. The fourth-order valence-corrected chi connectivity index (χ4v) is 1.26. The summed E-state index contributed by atoms with van der Waals surface area (Å²) >= 11 is 0. The van der Waals surface area contributed by atoms with Crippen LogP contribution in [0.5, 0.6) is 0 Å². The van der Waals surface area contributed by atoms with Crippen molar-refractivity contribution >= 4 is 23.6 Å². The lowest BCUT2D eigenvalue weighted by Gasteiger charge is -2.01. The molecule has 1 aromatic carbocycles. The van der Waals surface area contributed by atoms with Gasteiger partial charge in [-0.25, -0.2) is 0 Å². The van der Waals surface area contributed by atoms with Gasteiger partial charge in [-0.15, -0.1) is 0 Å². The van der Waals surface area contributed by atoms with E-state index in [0.717, 1.165) is 11.3 Å². The van der Waals surface area contributed by atoms with E-state index in [4.69, 9.17) is 0 Å². The predicted octanol–water partition coefficient (Wildman–Crippen LogP) is 2.22. The van der Waals surface area contributed by atoms with Gasteiger partial charge in [-0.3, -0.25) is 9.59 Å². The van der Waals surface area contributed by atoms with Crippen LogP contribution in [0.25, 0.3) is 6.08 Å². The molecule has 1 rings (SSSR count). The summed E-state index contributed by atoms with van der Waals surface area (Å²) in [6.07, 6.45) is 3.82. The van der Waals surface area contributed by atoms with Crippen molar-refractivity contribution in [2.45, 2.75) is 13.3 Å².